The van der Waals surface area contributed by atoms with Crippen LogP contribution in [-0.4, -0.2) is 29.9 Å². The van der Waals surface area contributed by atoms with Crippen molar-refractivity contribution < 1.29 is 14.3 Å². The molecule has 3 rings (SSSR count). The third-order valence-electron chi connectivity index (χ3n) is 3.35. The van der Waals surface area contributed by atoms with Crippen molar-refractivity contribution >= 4 is 17.7 Å². The molecule has 1 fully saturated rings. The molecule has 5 heteroatoms. The standard InChI is InChI=1S/C14H17NO3S/c1-9(2)13(16)15-5-6-19-14(15)10-3-4-11-12(7-10)18-8-17-11/h3-4,7,9,14H,5-6,8H2,1-2H3. The number of amides is 1. The zero-order valence-electron chi connectivity index (χ0n) is 11.1. The van der Waals surface area contributed by atoms with Crippen LogP contribution in [0.3, 0.4) is 0 Å². The number of hydrogen-bond acceptors (Lipinski definition) is 4. The Morgan fingerprint density at radius 1 is 1.37 bits per heavy atom. The molecule has 4 nitrogen and oxygen atoms in total. The zero-order chi connectivity index (χ0) is 13.4. The van der Waals surface area contributed by atoms with Gasteiger partial charge in [0.05, 0.1) is 0 Å². The number of thioether (sulfide) groups is 1. The van der Waals surface area contributed by atoms with Crippen LogP contribution in [0.4, 0.5) is 0 Å². The summed E-state index contributed by atoms with van der Waals surface area (Å²) in [4.78, 5) is 14.2. The number of carbonyl (C=O) groups excluding carboxylic acids is 1. The Morgan fingerprint density at radius 3 is 2.95 bits per heavy atom. The Balaban J connectivity index is 1.86. The van der Waals surface area contributed by atoms with E-state index in [9.17, 15) is 4.79 Å². The highest BCUT2D eigenvalue weighted by molar-refractivity contribution is 7.99. The van der Waals surface area contributed by atoms with E-state index >= 15 is 0 Å². The second-order valence-electron chi connectivity index (χ2n) is 5.02. The van der Waals surface area contributed by atoms with Crippen molar-refractivity contribution in [3.63, 3.8) is 0 Å². The van der Waals surface area contributed by atoms with Crippen LogP contribution in [0.1, 0.15) is 24.8 Å². The van der Waals surface area contributed by atoms with E-state index in [1.54, 1.807) is 11.8 Å². The lowest BCUT2D eigenvalue weighted by Crippen LogP contribution is -2.33. The van der Waals surface area contributed by atoms with E-state index in [4.69, 9.17) is 9.47 Å². The van der Waals surface area contributed by atoms with Crippen LogP contribution in [0.5, 0.6) is 11.5 Å². The summed E-state index contributed by atoms with van der Waals surface area (Å²) in [5.41, 5.74) is 1.11. The summed E-state index contributed by atoms with van der Waals surface area (Å²) in [6, 6.07) is 5.94. The molecule has 2 heterocycles. The second-order valence-corrected chi connectivity index (χ2v) is 6.21. The average Bonchev–Trinajstić information content (AvgIpc) is 3.05. The molecule has 0 radical (unpaired) electrons. The smallest absolute Gasteiger partial charge is 0.231 e. The first-order valence-electron chi connectivity index (χ1n) is 6.48. The lowest BCUT2D eigenvalue weighted by Gasteiger charge is -2.26. The molecule has 0 N–H and O–H groups in total. The summed E-state index contributed by atoms with van der Waals surface area (Å²) >= 11 is 1.80. The maximum absolute atomic E-state index is 12.2. The maximum atomic E-state index is 12.2. The molecule has 0 spiro atoms. The number of ether oxygens (including phenoxy) is 2. The van der Waals surface area contributed by atoms with Gasteiger partial charge < -0.3 is 14.4 Å². The van der Waals surface area contributed by atoms with E-state index in [2.05, 4.69) is 0 Å². The Morgan fingerprint density at radius 2 is 2.16 bits per heavy atom. The van der Waals surface area contributed by atoms with Crippen molar-refractivity contribution in [3.8, 4) is 11.5 Å². The largest absolute Gasteiger partial charge is 0.454 e. The molecule has 0 aliphatic carbocycles. The minimum atomic E-state index is 0.0372. The fraction of sp³-hybridized carbons (Fsp3) is 0.500. The number of rotatable bonds is 2. The van der Waals surface area contributed by atoms with Gasteiger partial charge in [0.25, 0.3) is 0 Å². The van der Waals surface area contributed by atoms with Gasteiger partial charge in [-0.05, 0) is 17.7 Å². The Kier molecular flexibility index (Phi) is 3.31. The summed E-state index contributed by atoms with van der Waals surface area (Å²) < 4.78 is 10.7. The van der Waals surface area contributed by atoms with Crippen LogP contribution in [0.2, 0.25) is 0 Å². The first kappa shape index (κ1) is 12.7. The SMILES string of the molecule is CC(C)C(=O)N1CCSC1c1ccc2c(c1)OCO2. The summed E-state index contributed by atoms with van der Waals surface area (Å²) in [5, 5.41) is 0.101. The van der Waals surface area contributed by atoms with Gasteiger partial charge in [-0.15, -0.1) is 11.8 Å². The Hall–Kier alpha value is -1.36. The van der Waals surface area contributed by atoms with Crippen molar-refractivity contribution in [1.82, 2.24) is 4.90 Å². The van der Waals surface area contributed by atoms with Crippen molar-refractivity contribution in [2.75, 3.05) is 19.1 Å². The fourth-order valence-corrected chi connectivity index (χ4v) is 3.62. The van der Waals surface area contributed by atoms with E-state index in [1.807, 2.05) is 36.9 Å². The van der Waals surface area contributed by atoms with Crippen LogP contribution in [0.25, 0.3) is 0 Å². The molecule has 1 aromatic carbocycles. The Bertz CT molecular complexity index is 503. The van der Waals surface area contributed by atoms with Crippen LogP contribution in [0.15, 0.2) is 18.2 Å². The molecule has 0 bridgehead atoms. The van der Waals surface area contributed by atoms with Gasteiger partial charge in [0.2, 0.25) is 12.7 Å². The minimum absolute atomic E-state index is 0.0372. The van der Waals surface area contributed by atoms with Crippen molar-refractivity contribution in [1.29, 1.82) is 0 Å². The van der Waals surface area contributed by atoms with Gasteiger partial charge in [0, 0.05) is 18.2 Å². The molecule has 0 aromatic heterocycles. The van der Waals surface area contributed by atoms with Gasteiger partial charge in [0.15, 0.2) is 11.5 Å². The third kappa shape index (κ3) is 2.27. The first-order valence-corrected chi connectivity index (χ1v) is 7.53. The molecule has 1 unspecified atom stereocenters. The van der Waals surface area contributed by atoms with Gasteiger partial charge in [-0.3, -0.25) is 4.79 Å². The molecule has 1 amide bonds. The highest BCUT2D eigenvalue weighted by Crippen LogP contribution is 2.42. The molecule has 1 saturated heterocycles. The second kappa shape index (κ2) is 4.96. The topological polar surface area (TPSA) is 38.8 Å². The lowest BCUT2D eigenvalue weighted by molar-refractivity contribution is -0.134. The number of carbonyl (C=O) groups is 1. The molecular formula is C14H17NO3S. The number of fused-ring (bicyclic) bond motifs is 1. The van der Waals surface area contributed by atoms with Crippen LogP contribution in [0, 0.1) is 5.92 Å². The highest BCUT2D eigenvalue weighted by atomic mass is 32.2. The molecule has 19 heavy (non-hydrogen) atoms. The molecule has 2 aliphatic heterocycles. The van der Waals surface area contributed by atoms with E-state index in [0.717, 1.165) is 29.4 Å². The van der Waals surface area contributed by atoms with E-state index in [0.29, 0.717) is 0 Å². The molecule has 1 aromatic rings. The molecule has 102 valence electrons. The van der Waals surface area contributed by atoms with Crippen LogP contribution >= 0.6 is 11.8 Å². The predicted molar refractivity (Wildman–Crippen MR) is 74.3 cm³/mol. The summed E-state index contributed by atoms with van der Waals surface area (Å²) in [6.07, 6.45) is 0. The van der Waals surface area contributed by atoms with Gasteiger partial charge in [-0.25, -0.2) is 0 Å². The molecule has 1 atom stereocenters. The number of hydrogen-bond donors (Lipinski definition) is 0. The van der Waals surface area contributed by atoms with Crippen molar-refractivity contribution in [2.24, 2.45) is 5.92 Å². The lowest BCUT2D eigenvalue weighted by atomic mass is 10.1. The van der Waals surface area contributed by atoms with Gasteiger partial charge >= 0.3 is 0 Å². The number of benzene rings is 1. The molecule has 0 saturated carbocycles. The monoisotopic (exact) mass is 279 g/mol. The average molecular weight is 279 g/mol. The van der Waals surface area contributed by atoms with Gasteiger partial charge in [0.1, 0.15) is 5.37 Å². The normalized spacial score (nSPS) is 21.2. The first-order chi connectivity index (χ1) is 9.16. The Labute approximate surface area is 117 Å². The minimum Gasteiger partial charge on any atom is -0.454 e. The quantitative estimate of drug-likeness (QED) is 0.834. The molecule has 2 aliphatic rings. The van der Waals surface area contributed by atoms with Gasteiger partial charge in [-0.1, -0.05) is 19.9 Å². The van der Waals surface area contributed by atoms with Crippen LogP contribution in [-0.2, 0) is 4.79 Å². The van der Waals surface area contributed by atoms with Crippen molar-refractivity contribution in [3.05, 3.63) is 23.8 Å². The maximum Gasteiger partial charge on any atom is 0.231 e. The zero-order valence-corrected chi connectivity index (χ0v) is 11.9. The van der Waals surface area contributed by atoms with Crippen molar-refractivity contribution in [2.45, 2.75) is 19.2 Å². The van der Waals surface area contributed by atoms with Crippen LogP contribution < -0.4 is 9.47 Å². The summed E-state index contributed by atoms with van der Waals surface area (Å²) in [7, 11) is 0. The van der Waals surface area contributed by atoms with Gasteiger partial charge in [-0.2, -0.15) is 0 Å². The fourth-order valence-electron chi connectivity index (χ4n) is 2.37. The van der Waals surface area contributed by atoms with E-state index in [-0.39, 0.29) is 24.0 Å². The summed E-state index contributed by atoms with van der Waals surface area (Å²) in [6.45, 7) is 5.00. The van der Waals surface area contributed by atoms with E-state index < -0.39 is 0 Å². The highest BCUT2D eigenvalue weighted by Gasteiger charge is 2.32. The number of nitrogens with zero attached hydrogens (tertiary/aromatic N) is 1. The molecular weight excluding hydrogens is 262 g/mol. The van der Waals surface area contributed by atoms with E-state index in [1.165, 1.54) is 0 Å². The summed E-state index contributed by atoms with van der Waals surface area (Å²) in [5.74, 6) is 2.80. The predicted octanol–water partition coefficient (Wildman–Crippen LogP) is 2.65. The third-order valence-corrected chi connectivity index (χ3v) is 4.61.